The Morgan fingerprint density at radius 1 is 1.29 bits per heavy atom. The average molecular weight is 320 g/mol. The fourth-order valence-corrected chi connectivity index (χ4v) is 2.91. The van der Waals surface area contributed by atoms with Gasteiger partial charge >= 0.3 is 6.18 Å². The number of aromatic amines is 1. The van der Waals surface area contributed by atoms with Crippen LogP contribution in [0.15, 0.2) is 29.3 Å². The van der Waals surface area contributed by atoms with Gasteiger partial charge in [0.25, 0.3) is 0 Å². The summed E-state index contributed by atoms with van der Waals surface area (Å²) in [6.07, 6.45) is -2.70. The average Bonchev–Trinajstić information content (AvgIpc) is 2.80. The zero-order chi connectivity index (χ0) is 15.7. The Labute approximate surface area is 120 Å². The molecule has 2 N–H and O–H groups in total. The molecule has 0 bridgehead atoms. The number of H-pyrrole nitrogens is 1. The Kier molecular flexibility index (Phi) is 4.29. The molecule has 0 saturated heterocycles. The minimum atomic E-state index is -4.27. The van der Waals surface area contributed by atoms with Gasteiger partial charge in [0.15, 0.2) is 9.84 Å². The molecular weight excluding hydrogens is 305 g/mol. The van der Waals surface area contributed by atoms with E-state index in [0.717, 1.165) is 0 Å². The summed E-state index contributed by atoms with van der Waals surface area (Å²) < 4.78 is 60.0. The lowest BCUT2D eigenvalue weighted by molar-refractivity contribution is -0.125. The number of hydrogen-bond acceptors (Lipinski definition) is 3. The van der Waals surface area contributed by atoms with E-state index in [0.29, 0.717) is 16.5 Å². The van der Waals surface area contributed by atoms with Gasteiger partial charge in [0.2, 0.25) is 0 Å². The number of aromatic nitrogens is 1. The van der Waals surface area contributed by atoms with Crippen molar-refractivity contribution in [1.82, 2.24) is 10.3 Å². The molecule has 0 unspecified atom stereocenters. The van der Waals surface area contributed by atoms with Gasteiger partial charge in [-0.25, -0.2) is 8.42 Å². The van der Waals surface area contributed by atoms with Crippen molar-refractivity contribution in [2.75, 3.05) is 12.3 Å². The lowest BCUT2D eigenvalue weighted by atomic mass is 10.2. The monoisotopic (exact) mass is 320 g/mol. The summed E-state index contributed by atoms with van der Waals surface area (Å²) in [4.78, 5) is 3.09. The normalized spacial score (nSPS) is 13.0. The number of alkyl halides is 3. The van der Waals surface area contributed by atoms with Gasteiger partial charge in [-0.05, 0) is 23.8 Å². The molecule has 0 aliphatic rings. The number of benzene rings is 1. The zero-order valence-corrected chi connectivity index (χ0v) is 12.1. The predicted molar refractivity (Wildman–Crippen MR) is 73.8 cm³/mol. The third-order valence-electron chi connectivity index (χ3n) is 3.12. The third-order valence-corrected chi connectivity index (χ3v) is 4.85. The molecule has 1 aromatic carbocycles. The summed E-state index contributed by atoms with van der Waals surface area (Å²) in [5, 5.41) is 2.91. The Morgan fingerprint density at radius 3 is 2.62 bits per heavy atom. The highest BCUT2D eigenvalue weighted by atomic mass is 32.2. The molecule has 0 fully saturated rings. The van der Waals surface area contributed by atoms with Crippen LogP contribution in [0.4, 0.5) is 13.2 Å². The maximum absolute atomic E-state index is 12.1. The van der Waals surface area contributed by atoms with E-state index in [4.69, 9.17) is 0 Å². The molecule has 0 radical (unpaired) electrons. The van der Waals surface area contributed by atoms with Crippen LogP contribution in [-0.2, 0) is 16.4 Å². The molecule has 21 heavy (non-hydrogen) atoms. The van der Waals surface area contributed by atoms with E-state index in [9.17, 15) is 21.6 Å². The largest absolute Gasteiger partial charge is 0.401 e. The van der Waals surface area contributed by atoms with Crippen LogP contribution >= 0.6 is 0 Å². The number of rotatable bonds is 5. The Hall–Kier alpha value is -1.54. The van der Waals surface area contributed by atoms with Crippen molar-refractivity contribution in [1.29, 1.82) is 0 Å². The topological polar surface area (TPSA) is 62.0 Å². The molecule has 2 aromatic rings. The molecule has 0 atom stereocenters. The summed E-state index contributed by atoms with van der Waals surface area (Å²) in [5.41, 5.74) is 1.29. The van der Waals surface area contributed by atoms with Gasteiger partial charge in [0.1, 0.15) is 0 Å². The van der Waals surface area contributed by atoms with E-state index in [1.165, 1.54) is 12.1 Å². The van der Waals surface area contributed by atoms with Crippen LogP contribution in [0, 0.1) is 0 Å². The lowest BCUT2D eigenvalue weighted by Gasteiger charge is -2.08. The fraction of sp³-hybridized carbons (Fsp3) is 0.385. The summed E-state index contributed by atoms with van der Waals surface area (Å²) in [5.74, 6) is -0.0232. The van der Waals surface area contributed by atoms with Gasteiger partial charge in [0, 0.05) is 23.6 Å². The number of hydrogen-bond donors (Lipinski definition) is 2. The molecule has 0 aliphatic heterocycles. The van der Waals surface area contributed by atoms with E-state index in [2.05, 4.69) is 10.3 Å². The fourth-order valence-electron chi connectivity index (χ4n) is 2.00. The zero-order valence-electron chi connectivity index (χ0n) is 11.3. The minimum Gasteiger partial charge on any atom is -0.361 e. The van der Waals surface area contributed by atoms with Gasteiger partial charge in [-0.2, -0.15) is 13.2 Å². The maximum Gasteiger partial charge on any atom is 0.401 e. The molecule has 8 heteroatoms. The molecule has 116 valence electrons. The standard InChI is InChI=1S/C13H15F3N2O2S/c1-2-21(19,20)10-3-4-12-11(5-10)9(7-18-12)6-17-8-13(14,15)16/h3-5,7,17-18H,2,6,8H2,1H3. The number of sulfone groups is 1. The molecular formula is C13H15F3N2O2S. The molecule has 1 heterocycles. The molecule has 4 nitrogen and oxygen atoms in total. The molecule has 1 aromatic heterocycles. The minimum absolute atomic E-state index is 0.00906. The van der Waals surface area contributed by atoms with Crippen LogP contribution < -0.4 is 5.32 Å². The summed E-state index contributed by atoms with van der Waals surface area (Å²) in [6, 6.07) is 4.60. The van der Waals surface area contributed by atoms with Crippen molar-refractivity contribution in [3.05, 3.63) is 30.0 Å². The highest BCUT2D eigenvalue weighted by molar-refractivity contribution is 7.91. The van der Waals surface area contributed by atoms with Gasteiger partial charge in [0.05, 0.1) is 17.2 Å². The van der Waals surface area contributed by atoms with Crippen LogP contribution in [0.3, 0.4) is 0 Å². The van der Waals surface area contributed by atoms with Gasteiger partial charge in [-0.15, -0.1) is 0 Å². The maximum atomic E-state index is 12.1. The first kappa shape index (κ1) is 15.8. The summed E-state index contributed by atoms with van der Waals surface area (Å²) in [7, 11) is -3.34. The van der Waals surface area contributed by atoms with Crippen molar-refractivity contribution in [3.63, 3.8) is 0 Å². The Morgan fingerprint density at radius 2 is 2.00 bits per heavy atom. The molecule has 0 spiro atoms. The predicted octanol–water partition coefficient (Wildman–Crippen LogP) is 2.61. The van der Waals surface area contributed by atoms with Crippen molar-refractivity contribution in [2.24, 2.45) is 0 Å². The smallest absolute Gasteiger partial charge is 0.361 e. The Balaban J connectivity index is 2.27. The van der Waals surface area contributed by atoms with E-state index >= 15 is 0 Å². The second-order valence-electron chi connectivity index (χ2n) is 4.64. The van der Waals surface area contributed by atoms with E-state index in [1.807, 2.05) is 0 Å². The van der Waals surface area contributed by atoms with Gasteiger partial charge in [-0.3, -0.25) is 0 Å². The van der Waals surface area contributed by atoms with Crippen LogP contribution in [0.5, 0.6) is 0 Å². The van der Waals surface area contributed by atoms with Crippen LogP contribution in [0.1, 0.15) is 12.5 Å². The first-order valence-electron chi connectivity index (χ1n) is 6.33. The van der Waals surface area contributed by atoms with Gasteiger partial charge < -0.3 is 10.3 Å². The number of fused-ring (bicyclic) bond motifs is 1. The van der Waals surface area contributed by atoms with Crippen molar-refractivity contribution in [3.8, 4) is 0 Å². The molecule has 0 saturated carbocycles. The third kappa shape index (κ3) is 3.76. The van der Waals surface area contributed by atoms with E-state index in [1.54, 1.807) is 19.2 Å². The molecule has 0 amide bonds. The molecule has 0 aliphatic carbocycles. The number of halogens is 3. The lowest BCUT2D eigenvalue weighted by Crippen LogP contribution is -2.28. The quantitative estimate of drug-likeness (QED) is 0.890. The van der Waals surface area contributed by atoms with E-state index < -0.39 is 22.6 Å². The second kappa shape index (κ2) is 5.69. The molecule has 2 rings (SSSR count). The summed E-state index contributed by atoms with van der Waals surface area (Å²) >= 11 is 0. The van der Waals surface area contributed by atoms with Crippen LogP contribution in [0.2, 0.25) is 0 Å². The van der Waals surface area contributed by atoms with Crippen molar-refractivity contribution in [2.45, 2.75) is 24.5 Å². The first-order chi connectivity index (χ1) is 9.73. The van der Waals surface area contributed by atoms with Gasteiger partial charge in [-0.1, -0.05) is 6.92 Å². The highest BCUT2D eigenvalue weighted by Crippen LogP contribution is 2.23. The summed E-state index contributed by atoms with van der Waals surface area (Å²) in [6.45, 7) is 0.463. The van der Waals surface area contributed by atoms with E-state index in [-0.39, 0.29) is 17.2 Å². The van der Waals surface area contributed by atoms with Crippen molar-refractivity contribution < 1.29 is 21.6 Å². The second-order valence-corrected chi connectivity index (χ2v) is 6.92. The van der Waals surface area contributed by atoms with Crippen LogP contribution in [-0.4, -0.2) is 31.9 Å². The Bertz CT molecular complexity index is 735. The number of nitrogens with one attached hydrogen (secondary N) is 2. The van der Waals surface area contributed by atoms with Crippen molar-refractivity contribution >= 4 is 20.7 Å². The SMILES string of the molecule is CCS(=O)(=O)c1ccc2[nH]cc(CNCC(F)(F)F)c2c1. The first-order valence-corrected chi connectivity index (χ1v) is 7.98. The van der Waals surface area contributed by atoms with Crippen LogP contribution in [0.25, 0.3) is 10.9 Å². The highest BCUT2D eigenvalue weighted by Gasteiger charge is 2.26.